The Morgan fingerprint density at radius 1 is 1.40 bits per heavy atom. The molecule has 114 valence electrons. The Hall–Kier alpha value is -0.450. The summed E-state index contributed by atoms with van der Waals surface area (Å²) in [6.07, 6.45) is 4.83. The number of hydrogen-bond acceptors (Lipinski definition) is 4. The third-order valence-electron chi connectivity index (χ3n) is 3.57. The molecule has 0 radical (unpaired) electrons. The van der Waals surface area contributed by atoms with E-state index >= 15 is 0 Å². The monoisotopic (exact) mass is 296 g/mol. The topological polar surface area (TPSA) is 34.1 Å². The van der Waals surface area contributed by atoms with E-state index in [1.54, 1.807) is 0 Å². The number of fused-ring (bicyclic) bond motifs is 1. The van der Waals surface area contributed by atoms with Crippen molar-refractivity contribution in [3.8, 4) is 0 Å². The van der Waals surface area contributed by atoms with Gasteiger partial charge in [0.15, 0.2) is 0 Å². The molecule has 2 rings (SSSR count). The lowest BCUT2D eigenvalue weighted by molar-refractivity contribution is 0.121. The van der Waals surface area contributed by atoms with Gasteiger partial charge in [0.25, 0.3) is 0 Å². The zero-order valence-electron chi connectivity index (χ0n) is 13.3. The van der Waals surface area contributed by atoms with Gasteiger partial charge < -0.3 is 10.1 Å². The molecular formula is C16H28N2OS. The Kier molecular flexibility index (Phi) is 5.58. The van der Waals surface area contributed by atoms with Gasteiger partial charge in [-0.1, -0.05) is 6.92 Å². The molecular weight excluding hydrogens is 268 g/mol. The molecule has 0 aliphatic heterocycles. The van der Waals surface area contributed by atoms with Gasteiger partial charge in [-0.3, -0.25) is 0 Å². The maximum atomic E-state index is 5.63. The Bertz CT molecular complexity index is 423. The Balaban J connectivity index is 1.99. The first-order valence-corrected chi connectivity index (χ1v) is 8.62. The van der Waals surface area contributed by atoms with Gasteiger partial charge in [-0.15, -0.1) is 11.3 Å². The van der Waals surface area contributed by atoms with Crippen LogP contribution in [0.25, 0.3) is 0 Å². The molecule has 4 heteroatoms. The van der Waals surface area contributed by atoms with E-state index in [0.29, 0.717) is 12.5 Å². The van der Waals surface area contributed by atoms with Gasteiger partial charge in [-0.2, -0.15) is 0 Å². The number of rotatable bonds is 6. The molecule has 0 aromatic carbocycles. The van der Waals surface area contributed by atoms with Gasteiger partial charge in [0.05, 0.1) is 12.3 Å². The second kappa shape index (κ2) is 7.01. The second-order valence-electron chi connectivity index (χ2n) is 6.69. The molecule has 0 saturated carbocycles. The highest BCUT2D eigenvalue weighted by molar-refractivity contribution is 7.11. The van der Waals surface area contributed by atoms with E-state index in [4.69, 9.17) is 9.72 Å². The van der Waals surface area contributed by atoms with Crippen molar-refractivity contribution < 1.29 is 4.74 Å². The Morgan fingerprint density at radius 2 is 2.20 bits per heavy atom. The third-order valence-corrected chi connectivity index (χ3v) is 4.67. The number of aromatic nitrogens is 1. The molecule has 1 N–H and O–H groups in total. The fraction of sp³-hybridized carbons (Fsp3) is 0.812. The lowest BCUT2D eigenvalue weighted by Gasteiger charge is -2.27. The van der Waals surface area contributed by atoms with Crippen molar-refractivity contribution in [1.29, 1.82) is 0 Å². The van der Waals surface area contributed by atoms with Crippen LogP contribution in [0.4, 0.5) is 0 Å². The number of nitrogens with zero attached hydrogens (tertiary/aromatic N) is 1. The van der Waals surface area contributed by atoms with Crippen LogP contribution in [0.15, 0.2) is 0 Å². The first-order valence-electron chi connectivity index (χ1n) is 7.81. The predicted molar refractivity (Wildman–Crippen MR) is 85.5 cm³/mol. The van der Waals surface area contributed by atoms with Crippen LogP contribution < -0.4 is 5.32 Å². The maximum absolute atomic E-state index is 5.63. The van der Waals surface area contributed by atoms with Crippen LogP contribution in [0.1, 0.15) is 68.5 Å². The summed E-state index contributed by atoms with van der Waals surface area (Å²) in [6, 6.07) is 0. The van der Waals surface area contributed by atoms with Gasteiger partial charge >= 0.3 is 0 Å². The largest absolute Gasteiger partial charge is 0.374 e. The number of hydrogen-bond donors (Lipinski definition) is 1. The molecule has 1 atom stereocenters. The minimum Gasteiger partial charge on any atom is -0.374 e. The molecule has 1 heterocycles. The first kappa shape index (κ1) is 15.9. The Morgan fingerprint density at radius 3 is 2.90 bits per heavy atom. The van der Waals surface area contributed by atoms with Crippen molar-refractivity contribution >= 4 is 11.3 Å². The molecule has 0 saturated heterocycles. The van der Waals surface area contributed by atoms with E-state index in [1.807, 2.05) is 11.3 Å². The van der Waals surface area contributed by atoms with Crippen LogP contribution in [-0.2, 0) is 17.8 Å². The average Bonchev–Trinajstić information content (AvgIpc) is 2.79. The zero-order chi connectivity index (χ0) is 14.6. The van der Waals surface area contributed by atoms with E-state index < -0.39 is 0 Å². The summed E-state index contributed by atoms with van der Waals surface area (Å²) in [5.41, 5.74) is 1.52. The second-order valence-corrected chi connectivity index (χ2v) is 7.86. The number of ether oxygens (including phenoxy) is 1. The number of thiazole rings is 1. The minimum absolute atomic E-state index is 0.181. The van der Waals surface area contributed by atoms with Crippen molar-refractivity contribution in [3.63, 3.8) is 0 Å². The molecule has 1 unspecified atom stereocenters. The first-order chi connectivity index (χ1) is 9.49. The summed E-state index contributed by atoms with van der Waals surface area (Å²) in [5, 5.41) is 4.79. The van der Waals surface area contributed by atoms with Crippen LogP contribution in [0.5, 0.6) is 0 Å². The molecule has 1 aliphatic rings. The van der Waals surface area contributed by atoms with Gasteiger partial charge in [-0.25, -0.2) is 4.98 Å². The molecule has 1 aromatic rings. The third kappa shape index (κ3) is 4.54. The fourth-order valence-electron chi connectivity index (χ4n) is 2.55. The van der Waals surface area contributed by atoms with Crippen LogP contribution in [0.2, 0.25) is 0 Å². The Labute approximate surface area is 127 Å². The highest BCUT2D eigenvalue weighted by atomic mass is 32.1. The van der Waals surface area contributed by atoms with E-state index in [1.165, 1.54) is 29.8 Å². The molecule has 20 heavy (non-hydrogen) atoms. The van der Waals surface area contributed by atoms with E-state index in [0.717, 1.165) is 24.6 Å². The summed E-state index contributed by atoms with van der Waals surface area (Å²) >= 11 is 1.86. The minimum atomic E-state index is 0.181. The molecule has 0 bridgehead atoms. The van der Waals surface area contributed by atoms with Gasteiger partial charge in [0, 0.05) is 29.5 Å². The number of nitrogens with one attached hydrogen (secondary N) is 1. The van der Waals surface area contributed by atoms with Crippen LogP contribution >= 0.6 is 11.3 Å². The van der Waals surface area contributed by atoms with E-state index in [2.05, 4.69) is 33.0 Å². The van der Waals surface area contributed by atoms with Crippen molar-refractivity contribution in [2.24, 2.45) is 0 Å². The fourth-order valence-corrected chi connectivity index (χ4v) is 3.69. The predicted octanol–water partition coefficient (Wildman–Crippen LogP) is 3.88. The SMILES string of the molecule is CCCOCc1nc2c(s1)CCCC2CNC(C)(C)C. The van der Waals surface area contributed by atoms with Crippen LogP contribution in [0, 0.1) is 0 Å². The smallest absolute Gasteiger partial charge is 0.119 e. The standard InChI is InChI=1S/C16H28N2OS/c1-5-9-19-11-14-18-15-12(10-17-16(2,3)4)7-6-8-13(15)20-14/h12,17H,5-11H2,1-4H3. The van der Waals surface area contributed by atoms with Crippen molar-refractivity contribution in [2.75, 3.05) is 13.2 Å². The van der Waals surface area contributed by atoms with Crippen molar-refractivity contribution in [3.05, 3.63) is 15.6 Å². The van der Waals surface area contributed by atoms with Crippen molar-refractivity contribution in [1.82, 2.24) is 10.3 Å². The normalized spacial score (nSPS) is 19.1. The van der Waals surface area contributed by atoms with Gasteiger partial charge in [0.1, 0.15) is 5.01 Å². The quantitative estimate of drug-likeness (QED) is 0.809. The molecule has 0 spiro atoms. The summed E-state index contributed by atoms with van der Waals surface area (Å²) in [7, 11) is 0. The number of aryl methyl sites for hydroxylation is 1. The summed E-state index contributed by atoms with van der Waals surface area (Å²) in [5.74, 6) is 0.578. The van der Waals surface area contributed by atoms with Crippen LogP contribution in [0.3, 0.4) is 0 Å². The molecule has 1 aliphatic carbocycles. The van der Waals surface area contributed by atoms with Gasteiger partial charge in [0.2, 0.25) is 0 Å². The highest BCUT2D eigenvalue weighted by Gasteiger charge is 2.25. The summed E-state index contributed by atoms with van der Waals surface area (Å²) < 4.78 is 5.63. The van der Waals surface area contributed by atoms with Crippen LogP contribution in [-0.4, -0.2) is 23.7 Å². The van der Waals surface area contributed by atoms with E-state index in [9.17, 15) is 0 Å². The summed E-state index contributed by atoms with van der Waals surface area (Å²) in [6.45, 7) is 11.4. The molecule has 3 nitrogen and oxygen atoms in total. The highest BCUT2D eigenvalue weighted by Crippen LogP contribution is 2.34. The molecule has 1 aromatic heterocycles. The lowest BCUT2D eigenvalue weighted by atomic mass is 9.90. The molecule has 0 amide bonds. The van der Waals surface area contributed by atoms with E-state index in [-0.39, 0.29) is 5.54 Å². The maximum Gasteiger partial charge on any atom is 0.119 e. The van der Waals surface area contributed by atoms with Crippen molar-refractivity contribution in [2.45, 2.75) is 71.4 Å². The van der Waals surface area contributed by atoms with Gasteiger partial charge in [-0.05, 0) is 46.5 Å². The summed E-state index contributed by atoms with van der Waals surface area (Å²) in [4.78, 5) is 6.35. The molecule has 0 fully saturated rings. The lowest BCUT2D eigenvalue weighted by Crippen LogP contribution is -2.39. The average molecular weight is 296 g/mol. The zero-order valence-corrected chi connectivity index (χ0v) is 14.1.